The minimum Gasteiger partial charge on any atom is -0.386 e. The molecule has 0 aromatic rings. The minimum absolute atomic E-state index is 0.0776. The first kappa shape index (κ1) is 13.8. The van der Waals surface area contributed by atoms with E-state index in [9.17, 15) is 4.79 Å². The van der Waals surface area contributed by atoms with Crippen molar-refractivity contribution in [3.63, 3.8) is 0 Å². The van der Waals surface area contributed by atoms with Crippen LogP contribution in [0.15, 0.2) is 11.4 Å². The first-order valence-corrected chi connectivity index (χ1v) is 5.20. The van der Waals surface area contributed by atoms with Crippen molar-refractivity contribution in [2.75, 3.05) is 19.6 Å². The largest absolute Gasteiger partial charge is 0.386 e. The summed E-state index contributed by atoms with van der Waals surface area (Å²) < 4.78 is 0. The summed E-state index contributed by atoms with van der Waals surface area (Å²) in [7, 11) is 0. The molecule has 0 saturated carbocycles. The zero-order valence-corrected chi connectivity index (χ0v) is 9.76. The van der Waals surface area contributed by atoms with Crippen LogP contribution in [0.3, 0.4) is 0 Å². The van der Waals surface area contributed by atoms with Gasteiger partial charge in [-0.05, 0) is 18.0 Å². The van der Waals surface area contributed by atoms with Gasteiger partial charge >= 0.3 is 0 Å². The molecule has 15 heavy (non-hydrogen) atoms. The Morgan fingerprint density at radius 2 is 1.87 bits per heavy atom. The highest BCUT2D eigenvalue weighted by atomic mass is 16.1. The molecule has 1 amide bonds. The average molecular weight is 214 g/mol. The lowest BCUT2D eigenvalue weighted by Crippen LogP contribution is -2.34. The van der Waals surface area contributed by atoms with E-state index in [4.69, 9.17) is 11.5 Å². The van der Waals surface area contributed by atoms with Gasteiger partial charge < -0.3 is 22.1 Å². The molecule has 0 saturated heterocycles. The number of rotatable bonds is 7. The highest BCUT2D eigenvalue weighted by Gasteiger charge is 2.08. The van der Waals surface area contributed by atoms with Crippen molar-refractivity contribution in [3.8, 4) is 0 Å². The van der Waals surface area contributed by atoms with E-state index in [0.29, 0.717) is 11.7 Å². The van der Waals surface area contributed by atoms with Gasteiger partial charge in [0, 0.05) is 6.54 Å². The van der Waals surface area contributed by atoms with Crippen LogP contribution in [-0.2, 0) is 4.79 Å². The Labute approximate surface area is 91.3 Å². The molecule has 5 nitrogen and oxygen atoms in total. The highest BCUT2D eigenvalue weighted by molar-refractivity contribution is 5.76. The lowest BCUT2D eigenvalue weighted by molar-refractivity contribution is -0.117. The number of hydrogen-bond donors (Lipinski definition) is 4. The predicted molar refractivity (Wildman–Crippen MR) is 61.8 cm³/mol. The van der Waals surface area contributed by atoms with E-state index in [1.165, 1.54) is 0 Å². The number of amides is 1. The zero-order chi connectivity index (χ0) is 11.8. The smallest absolute Gasteiger partial charge is 0.236 e. The van der Waals surface area contributed by atoms with Gasteiger partial charge in [0.2, 0.25) is 5.91 Å². The monoisotopic (exact) mass is 214 g/mol. The first-order chi connectivity index (χ1) is 6.99. The van der Waals surface area contributed by atoms with Crippen LogP contribution in [0.5, 0.6) is 0 Å². The number of hydrogen-bond acceptors (Lipinski definition) is 4. The third kappa shape index (κ3) is 5.96. The summed E-state index contributed by atoms with van der Waals surface area (Å²) >= 11 is 0. The molecule has 0 radical (unpaired) electrons. The summed E-state index contributed by atoms with van der Waals surface area (Å²) in [6, 6.07) is 0. The second kappa shape index (κ2) is 7.11. The molecule has 0 aliphatic carbocycles. The first-order valence-electron chi connectivity index (χ1n) is 5.20. The fourth-order valence-corrected chi connectivity index (χ4v) is 1.17. The fourth-order valence-electron chi connectivity index (χ4n) is 1.17. The van der Waals surface area contributed by atoms with Crippen LogP contribution in [0.25, 0.3) is 0 Å². The molecule has 0 aliphatic heterocycles. The summed E-state index contributed by atoms with van der Waals surface area (Å²) in [6.07, 6.45) is 0. The standard InChI is InChI=1S/C10H22N4O/c1-4-13-5-8(7(2)3)10(12)14-6-9(11)15/h7,13-14H,4-6,12H2,1-3H3,(H2,11,15)/b10-8-. The van der Waals surface area contributed by atoms with E-state index in [1.54, 1.807) is 0 Å². The molecule has 0 spiro atoms. The SMILES string of the molecule is CCNC/C(=C(\N)NCC(N)=O)C(C)C. The number of carbonyl (C=O) groups excluding carboxylic acids is 1. The molecule has 0 atom stereocenters. The summed E-state index contributed by atoms with van der Waals surface area (Å²) in [5.74, 6) is 0.471. The molecular weight excluding hydrogens is 192 g/mol. The zero-order valence-electron chi connectivity index (χ0n) is 9.76. The van der Waals surface area contributed by atoms with E-state index in [2.05, 4.69) is 24.5 Å². The summed E-state index contributed by atoms with van der Waals surface area (Å²) in [5, 5.41) is 6.02. The molecule has 0 heterocycles. The molecule has 5 heteroatoms. The molecule has 6 N–H and O–H groups in total. The van der Waals surface area contributed by atoms with Gasteiger partial charge in [-0.3, -0.25) is 4.79 Å². The normalized spacial score (nSPS) is 12.5. The third-order valence-electron chi connectivity index (χ3n) is 2.06. The van der Waals surface area contributed by atoms with Crippen molar-refractivity contribution in [1.82, 2.24) is 10.6 Å². The van der Waals surface area contributed by atoms with Crippen LogP contribution in [0.4, 0.5) is 0 Å². The minimum atomic E-state index is -0.412. The van der Waals surface area contributed by atoms with Gasteiger partial charge in [-0.1, -0.05) is 20.8 Å². The number of nitrogens with one attached hydrogen (secondary N) is 2. The van der Waals surface area contributed by atoms with Crippen molar-refractivity contribution >= 4 is 5.91 Å². The van der Waals surface area contributed by atoms with Crippen molar-refractivity contribution in [1.29, 1.82) is 0 Å². The molecule has 0 aliphatic rings. The quantitative estimate of drug-likeness (QED) is 0.459. The Kier molecular flexibility index (Phi) is 6.53. The molecule has 0 unspecified atom stereocenters. The van der Waals surface area contributed by atoms with E-state index >= 15 is 0 Å². The Morgan fingerprint density at radius 1 is 1.27 bits per heavy atom. The van der Waals surface area contributed by atoms with Crippen LogP contribution in [-0.4, -0.2) is 25.5 Å². The van der Waals surface area contributed by atoms with Gasteiger partial charge in [0.25, 0.3) is 0 Å². The maximum absolute atomic E-state index is 10.6. The predicted octanol–water partition coefficient (Wildman–Crippen LogP) is -0.503. The fraction of sp³-hybridized carbons (Fsp3) is 0.700. The van der Waals surface area contributed by atoms with Gasteiger partial charge in [0.1, 0.15) is 0 Å². The maximum Gasteiger partial charge on any atom is 0.236 e. The molecule has 0 bridgehead atoms. The van der Waals surface area contributed by atoms with Crippen LogP contribution in [0.1, 0.15) is 20.8 Å². The topological polar surface area (TPSA) is 93.2 Å². The van der Waals surface area contributed by atoms with E-state index in [1.807, 2.05) is 6.92 Å². The van der Waals surface area contributed by atoms with E-state index < -0.39 is 5.91 Å². The second-order valence-corrected chi connectivity index (χ2v) is 3.69. The van der Waals surface area contributed by atoms with Crippen LogP contribution < -0.4 is 22.1 Å². The molecular formula is C10H22N4O. The Morgan fingerprint density at radius 3 is 2.27 bits per heavy atom. The highest BCUT2D eigenvalue weighted by Crippen LogP contribution is 2.09. The lowest BCUT2D eigenvalue weighted by Gasteiger charge is -2.16. The summed E-state index contributed by atoms with van der Waals surface area (Å²) in [5.41, 5.74) is 11.9. The van der Waals surface area contributed by atoms with E-state index in [-0.39, 0.29) is 6.54 Å². The number of nitrogens with two attached hydrogens (primary N) is 2. The van der Waals surface area contributed by atoms with Crippen molar-refractivity contribution < 1.29 is 4.79 Å². The Balaban J connectivity index is 4.38. The number of primary amides is 1. The molecule has 0 fully saturated rings. The van der Waals surface area contributed by atoms with Gasteiger partial charge in [0.05, 0.1) is 12.4 Å². The number of carbonyl (C=O) groups is 1. The maximum atomic E-state index is 10.6. The van der Waals surface area contributed by atoms with E-state index in [0.717, 1.165) is 18.7 Å². The molecule has 88 valence electrons. The van der Waals surface area contributed by atoms with Gasteiger partial charge in [-0.25, -0.2) is 0 Å². The summed E-state index contributed by atoms with van der Waals surface area (Å²) in [6.45, 7) is 7.85. The van der Waals surface area contributed by atoms with Gasteiger partial charge in [0.15, 0.2) is 0 Å². The lowest BCUT2D eigenvalue weighted by atomic mass is 10.0. The second-order valence-electron chi connectivity index (χ2n) is 3.69. The van der Waals surface area contributed by atoms with Crippen molar-refractivity contribution in [2.24, 2.45) is 17.4 Å². The van der Waals surface area contributed by atoms with Crippen LogP contribution in [0, 0.1) is 5.92 Å². The van der Waals surface area contributed by atoms with Crippen molar-refractivity contribution in [2.45, 2.75) is 20.8 Å². The molecule has 0 aromatic heterocycles. The van der Waals surface area contributed by atoms with Gasteiger partial charge in [-0.2, -0.15) is 0 Å². The van der Waals surface area contributed by atoms with Gasteiger partial charge in [-0.15, -0.1) is 0 Å². The molecule has 0 aromatic carbocycles. The average Bonchev–Trinajstić information content (AvgIpc) is 2.14. The van der Waals surface area contributed by atoms with Crippen LogP contribution >= 0.6 is 0 Å². The number of likely N-dealkylation sites (N-methyl/N-ethyl adjacent to an activating group) is 1. The third-order valence-corrected chi connectivity index (χ3v) is 2.06. The molecule has 0 rings (SSSR count). The van der Waals surface area contributed by atoms with Crippen LogP contribution in [0.2, 0.25) is 0 Å². The Bertz CT molecular complexity index is 236. The summed E-state index contributed by atoms with van der Waals surface area (Å²) in [4.78, 5) is 10.6. The Hall–Kier alpha value is -1.23. The van der Waals surface area contributed by atoms with Crippen molar-refractivity contribution in [3.05, 3.63) is 11.4 Å².